The van der Waals surface area contributed by atoms with Crippen molar-refractivity contribution >= 4 is 16.0 Å². The van der Waals surface area contributed by atoms with Gasteiger partial charge >= 0.3 is 5.97 Å². The number of piperidine rings is 1. The number of carbonyl (C=O) groups is 1. The molecular formula is C20H29N3O5S. The summed E-state index contributed by atoms with van der Waals surface area (Å²) in [5.74, 6) is -0.164. The average Bonchev–Trinajstić information content (AvgIpc) is 3.36. The van der Waals surface area contributed by atoms with Gasteiger partial charge in [0, 0.05) is 25.8 Å². The van der Waals surface area contributed by atoms with Crippen molar-refractivity contribution in [3.8, 4) is 0 Å². The molecule has 4 heterocycles. The number of pyridine rings is 1. The van der Waals surface area contributed by atoms with Crippen LogP contribution in [0.5, 0.6) is 0 Å². The largest absolute Gasteiger partial charge is 0.468 e. The fraction of sp³-hybridized carbons (Fsp3) is 0.700. The summed E-state index contributed by atoms with van der Waals surface area (Å²) < 4.78 is 38.2. The number of carbonyl (C=O) groups excluding carboxylic acids is 1. The quantitative estimate of drug-likeness (QED) is 0.659. The number of hydrogen-bond acceptors (Lipinski definition) is 7. The summed E-state index contributed by atoms with van der Waals surface area (Å²) in [4.78, 5) is 18.2. The van der Waals surface area contributed by atoms with Crippen molar-refractivity contribution in [1.29, 1.82) is 0 Å². The predicted octanol–water partition coefficient (Wildman–Crippen LogP) is 1.28. The van der Waals surface area contributed by atoms with E-state index in [1.165, 1.54) is 13.3 Å². The summed E-state index contributed by atoms with van der Waals surface area (Å²) in [6, 6.07) is 4.79. The molecule has 160 valence electrons. The lowest BCUT2D eigenvalue weighted by Gasteiger charge is -2.37. The summed E-state index contributed by atoms with van der Waals surface area (Å²) in [5.41, 5.74) is 0.0291. The van der Waals surface area contributed by atoms with Crippen molar-refractivity contribution < 1.29 is 22.7 Å². The number of esters is 1. The Kier molecular flexibility index (Phi) is 5.92. The molecule has 3 aliphatic rings. The highest BCUT2D eigenvalue weighted by Crippen LogP contribution is 2.43. The second kappa shape index (κ2) is 8.29. The molecule has 29 heavy (non-hydrogen) atoms. The van der Waals surface area contributed by atoms with Gasteiger partial charge in [-0.05, 0) is 56.2 Å². The van der Waals surface area contributed by atoms with Crippen LogP contribution in [-0.2, 0) is 24.3 Å². The maximum absolute atomic E-state index is 12.8. The van der Waals surface area contributed by atoms with E-state index < -0.39 is 10.0 Å². The first-order valence-electron chi connectivity index (χ1n) is 10.3. The van der Waals surface area contributed by atoms with E-state index in [1.807, 2.05) is 0 Å². The molecule has 8 nitrogen and oxygen atoms in total. The van der Waals surface area contributed by atoms with Crippen LogP contribution < -0.4 is 0 Å². The van der Waals surface area contributed by atoms with Crippen LogP contribution in [0, 0.1) is 5.41 Å². The van der Waals surface area contributed by atoms with Gasteiger partial charge in [-0.15, -0.1) is 0 Å². The molecule has 3 fully saturated rings. The lowest BCUT2D eigenvalue weighted by atomic mass is 9.77. The SMILES string of the molecule is COC(=O)[C@H]1CCCN1C[C@@H]1CC2(CCN(S(=O)(=O)c3ccccn3)CC2)CO1. The molecule has 0 aromatic carbocycles. The summed E-state index contributed by atoms with van der Waals surface area (Å²) in [7, 11) is -2.10. The Morgan fingerprint density at radius 2 is 2.10 bits per heavy atom. The molecule has 0 N–H and O–H groups in total. The van der Waals surface area contributed by atoms with Crippen molar-refractivity contribution in [2.24, 2.45) is 5.41 Å². The van der Waals surface area contributed by atoms with E-state index in [9.17, 15) is 13.2 Å². The van der Waals surface area contributed by atoms with Crippen LogP contribution in [-0.4, -0.2) is 80.6 Å². The van der Waals surface area contributed by atoms with Crippen LogP contribution in [0.2, 0.25) is 0 Å². The smallest absolute Gasteiger partial charge is 0.323 e. The van der Waals surface area contributed by atoms with E-state index in [4.69, 9.17) is 9.47 Å². The Hall–Kier alpha value is -1.55. The van der Waals surface area contributed by atoms with E-state index in [2.05, 4.69) is 9.88 Å². The van der Waals surface area contributed by atoms with E-state index in [-0.39, 0.29) is 28.6 Å². The number of aromatic nitrogens is 1. The Morgan fingerprint density at radius 1 is 1.31 bits per heavy atom. The second-order valence-electron chi connectivity index (χ2n) is 8.39. The molecular weight excluding hydrogens is 394 g/mol. The van der Waals surface area contributed by atoms with Gasteiger partial charge in [0.05, 0.1) is 19.8 Å². The molecule has 0 unspecified atom stereocenters. The summed E-state index contributed by atoms with van der Waals surface area (Å²) >= 11 is 0. The van der Waals surface area contributed by atoms with Crippen LogP contribution in [0.15, 0.2) is 29.4 Å². The molecule has 0 radical (unpaired) electrons. The van der Waals surface area contributed by atoms with Crippen molar-refractivity contribution in [1.82, 2.24) is 14.2 Å². The Labute approximate surface area is 172 Å². The molecule has 0 saturated carbocycles. The first-order chi connectivity index (χ1) is 13.9. The van der Waals surface area contributed by atoms with Crippen LogP contribution in [0.25, 0.3) is 0 Å². The number of hydrogen-bond donors (Lipinski definition) is 0. The van der Waals surface area contributed by atoms with E-state index in [1.54, 1.807) is 22.5 Å². The van der Waals surface area contributed by atoms with Gasteiger partial charge in [-0.2, -0.15) is 4.31 Å². The summed E-state index contributed by atoms with van der Waals surface area (Å²) in [5, 5.41) is 0.111. The van der Waals surface area contributed by atoms with Gasteiger partial charge in [0.1, 0.15) is 6.04 Å². The third kappa shape index (κ3) is 4.19. The second-order valence-corrected chi connectivity index (χ2v) is 10.3. The van der Waals surface area contributed by atoms with Gasteiger partial charge in [-0.3, -0.25) is 9.69 Å². The normalized spacial score (nSPS) is 28.0. The molecule has 4 rings (SSSR count). The standard InChI is InChI=1S/C20H29N3O5S/c1-27-19(24)17-5-4-10-22(17)14-16-13-20(15-28-16)7-11-23(12-8-20)29(25,26)18-6-2-3-9-21-18/h2-3,6,9,16-17H,4-5,7-8,10-15H2,1H3/t16-,17+/m0/s1. The highest BCUT2D eigenvalue weighted by atomic mass is 32.2. The highest BCUT2D eigenvalue weighted by molar-refractivity contribution is 7.89. The molecule has 1 spiro atoms. The highest BCUT2D eigenvalue weighted by Gasteiger charge is 2.45. The Balaban J connectivity index is 1.34. The van der Waals surface area contributed by atoms with Crippen molar-refractivity contribution in [2.75, 3.05) is 39.9 Å². The maximum Gasteiger partial charge on any atom is 0.323 e. The summed E-state index contributed by atoms with van der Waals surface area (Å²) in [6.45, 7) is 3.26. The minimum absolute atomic E-state index is 0.0291. The molecule has 0 aliphatic carbocycles. The third-order valence-corrected chi connectivity index (χ3v) is 8.40. The minimum Gasteiger partial charge on any atom is -0.468 e. The predicted molar refractivity (Wildman–Crippen MR) is 106 cm³/mol. The number of rotatable bonds is 5. The Morgan fingerprint density at radius 3 is 2.79 bits per heavy atom. The zero-order valence-electron chi connectivity index (χ0n) is 16.8. The lowest BCUT2D eigenvalue weighted by molar-refractivity contribution is -0.146. The van der Waals surface area contributed by atoms with E-state index >= 15 is 0 Å². The third-order valence-electron chi connectivity index (χ3n) is 6.59. The number of methoxy groups -OCH3 is 1. The summed E-state index contributed by atoms with van der Waals surface area (Å²) in [6.07, 6.45) is 5.91. The zero-order valence-corrected chi connectivity index (χ0v) is 17.6. The van der Waals surface area contributed by atoms with Crippen molar-refractivity contribution in [3.05, 3.63) is 24.4 Å². The monoisotopic (exact) mass is 423 g/mol. The number of likely N-dealkylation sites (tertiary alicyclic amines) is 1. The first kappa shape index (κ1) is 20.7. The molecule has 1 aromatic heterocycles. The molecule has 3 saturated heterocycles. The van der Waals surface area contributed by atoms with Gasteiger partial charge in [-0.1, -0.05) is 6.07 Å². The van der Waals surface area contributed by atoms with Gasteiger partial charge in [0.15, 0.2) is 5.03 Å². The molecule has 2 atom stereocenters. The molecule has 0 amide bonds. The number of nitrogens with zero attached hydrogens (tertiary/aromatic N) is 3. The van der Waals surface area contributed by atoms with Gasteiger partial charge in [0.25, 0.3) is 10.0 Å². The minimum atomic E-state index is -3.54. The topological polar surface area (TPSA) is 89.0 Å². The van der Waals surface area contributed by atoms with Crippen LogP contribution in [0.3, 0.4) is 0 Å². The van der Waals surface area contributed by atoms with Crippen molar-refractivity contribution in [3.63, 3.8) is 0 Å². The van der Waals surface area contributed by atoms with Gasteiger partial charge < -0.3 is 9.47 Å². The first-order valence-corrected chi connectivity index (χ1v) is 11.7. The molecule has 1 aromatic rings. The number of ether oxygens (including phenoxy) is 2. The van der Waals surface area contributed by atoms with Crippen LogP contribution in [0.4, 0.5) is 0 Å². The van der Waals surface area contributed by atoms with Crippen LogP contribution >= 0.6 is 0 Å². The van der Waals surface area contributed by atoms with E-state index in [0.29, 0.717) is 19.7 Å². The fourth-order valence-corrected chi connectivity index (χ4v) is 6.28. The van der Waals surface area contributed by atoms with Crippen LogP contribution in [0.1, 0.15) is 32.1 Å². The fourth-order valence-electron chi connectivity index (χ4n) is 4.90. The number of sulfonamides is 1. The van der Waals surface area contributed by atoms with Gasteiger partial charge in [-0.25, -0.2) is 13.4 Å². The van der Waals surface area contributed by atoms with Gasteiger partial charge in [0.2, 0.25) is 0 Å². The van der Waals surface area contributed by atoms with Crippen molar-refractivity contribution in [2.45, 2.75) is 49.3 Å². The zero-order chi connectivity index (χ0) is 20.5. The molecule has 9 heteroatoms. The lowest BCUT2D eigenvalue weighted by Crippen LogP contribution is -2.44. The average molecular weight is 424 g/mol. The molecule has 0 bridgehead atoms. The Bertz CT molecular complexity index is 824. The molecule has 3 aliphatic heterocycles. The van der Waals surface area contributed by atoms with E-state index in [0.717, 1.165) is 45.2 Å². The maximum atomic E-state index is 12.8.